The van der Waals surface area contributed by atoms with Gasteiger partial charge in [0.1, 0.15) is 23.0 Å². The molecule has 2 heterocycles. The van der Waals surface area contributed by atoms with Gasteiger partial charge in [-0.15, -0.1) is 0 Å². The molecule has 0 aliphatic rings. The Kier molecular flexibility index (Phi) is 15.3. The zero-order chi connectivity index (χ0) is 44.9. The Bertz CT molecular complexity index is 2420. The first kappa shape index (κ1) is 47.7. The van der Waals surface area contributed by atoms with E-state index in [4.69, 9.17) is 5.11 Å². The molecule has 0 saturated heterocycles. The highest BCUT2D eigenvalue weighted by molar-refractivity contribution is 7.90. The molecule has 322 valence electrons. The summed E-state index contributed by atoms with van der Waals surface area (Å²) in [6.07, 6.45) is 0.188. The quantitative estimate of drug-likeness (QED) is 0.0864. The second-order valence-corrected chi connectivity index (χ2v) is 18.0. The maximum Gasteiger partial charge on any atom is 0.354 e. The van der Waals surface area contributed by atoms with E-state index >= 15 is 0 Å². The lowest BCUT2D eigenvalue weighted by Gasteiger charge is -2.20. The van der Waals surface area contributed by atoms with Gasteiger partial charge in [-0.3, -0.25) is 14.2 Å². The van der Waals surface area contributed by atoms with Gasteiger partial charge in [-0.05, 0) is 70.2 Å². The molecule has 0 spiro atoms. The third-order valence-corrected chi connectivity index (χ3v) is 11.2. The van der Waals surface area contributed by atoms with Gasteiger partial charge in [0, 0.05) is 44.0 Å². The summed E-state index contributed by atoms with van der Waals surface area (Å²) < 4.78 is 83.7. The smallest absolute Gasteiger partial charge is 0.354 e. The van der Waals surface area contributed by atoms with Crippen molar-refractivity contribution in [3.63, 3.8) is 0 Å². The average Bonchev–Trinajstić information content (AvgIpc) is 3.72. The molecule has 0 saturated carbocycles. The van der Waals surface area contributed by atoms with E-state index in [1.165, 1.54) is 38.4 Å². The second kappa shape index (κ2) is 18.9. The van der Waals surface area contributed by atoms with Crippen molar-refractivity contribution in [3.05, 3.63) is 81.7 Å². The summed E-state index contributed by atoms with van der Waals surface area (Å²) in [5.74, 6) is -3.00. The Balaban J connectivity index is 0.000000316. The second-order valence-electron chi connectivity index (χ2n) is 14.7. The van der Waals surface area contributed by atoms with E-state index in [9.17, 15) is 44.8 Å². The SMILES string of the molecule is CC(C)c1cc(F)cc(C(C)C)c1NC(=O)NS(=O)(=O)c1cc(C(=O)O)n(C)n1.CCC(=O)c1cc(S(=O)(=O)NC(=O)Nc2c(C(C)C)cc(F)cc2C(C)C)nn1C. The predicted octanol–water partition coefficient (Wildman–Crippen LogP) is 6.92. The number of rotatable bonds is 13. The molecule has 2 aromatic carbocycles. The van der Waals surface area contributed by atoms with E-state index in [2.05, 4.69) is 20.8 Å². The highest BCUT2D eigenvalue weighted by Crippen LogP contribution is 2.35. The number of urea groups is 2. The number of sulfonamides is 2. The van der Waals surface area contributed by atoms with Crippen molar-refractivity contribution >= 4 is 55.2 Å². The number of hydrogen-bond donors (Lipinski definition) is 5. The van der Waals surface area contributed by atoms with Gasteiger partial charge in [-0.2, -0.15) is 27.0 Å². The van der Waals surface area contributed by atoms with E-state index in [1.807, 2.05) is 64.8 Å². The summed E-state index contributed by atoms with van der Waals surface area (Å²) in [7, 11) is -6.02. The number of carbonyl (C=O) groups is 4. The molecule has 0 bridgehead atoms. The Morgan fingerprint density at radius 1 is 0.610 bits per heavy atom. The maximum absolute atomic E-state index is 14.0. The summed E-state index contributed by atoms with van der Waals surface area (Å²) in [4.78, 5) is 47.9. The molecule has 5 N–H and O–H groups in total. The van der Waals surface area contributed by atoms with E-state index in [1.54, 1.807) is 6.92 Å². The summed E-state index contributed by atoms with van der Waals surface area (Å²) in [6.45, 7) is 16.3. The first-order chi connectivity index (χ1) is 27.2. The van der Waals surface area contributed by atoms with Crippen LogP contribution in [0.5, 0.6) is 0 Å². The standard InChI is InChI=1S/C20H27FN4O4S.C18H23FN4O5S/c1-7-17(26)16-10-18(23-25(16)6)30(28,29)24-20(27)22-19-14(11(2)3)8-13(21)9-15(19)12(4)5;1-9(2)12-6-11(19)7-13(10(3)4)16(12)20-18(26)22-29(27,28)15-8-14(17(24)25)23(5)21-15/h8-12H,7H2,1-6H3,(H2,22,24,27);6-10H,1-5H3,(H,24,25)(H2,20,22,26). The minimum Gasteiger partial charge on any atom is -0.477 e. The molecule has 0 aliphatic carbocycles. The van der Waals surface area contributed by atoms with E-state index in [-0.39, 0.29) is 47.3 Å². The Morgan fingerprint density at radius 2 is 0.915 bits per heavy atom. The van der Waals surface area contributed by atoms with Crippen LogP contribution in [-0.4, -0.2) is 65.3 Å². The van der Waals surface area contributed by atoms with Crippen LogP contribution in [0.1, 0.15) is 136 Å². The first-order valence-corrected chi connectivity index (χ1v) is 21.4. The van der Waals surface area contributed by atoms with Crippen LogP contribution in [0.4, 0.5) is 29.7 Å². The Labute approximate surface area is 342 Å². The number of ketones is 1. The number of halogens is 2. The Hall–Kier alpha value is -5.70. The normalized spacial score (nSPS) is 11.7. The van der Waals surface area contributed by atoms with Gasteiger partial charge in [-0.25, -0.2) is 32.6 Å². The summed E-state index contributed by atoms with van der Waals surface area (Å²) in [6, 6.07) is 5.12. The number of anilines is 2. The number of hydrogen-bond acceptors (Lipinski definition) is 10. The minimum absolute atomic E-state index is 0.108. The van der Waals surface area contributed by atoms with Gasteiger partial charge in [0.25, 0.3) is 20.0 Å². The first-order valence-electron chi connectivity index (χ1n) is 18.4. The van der Waals surface area contributed by atoms with Gasteiger partial charge in [-0.1, -0.05) is 62.3 Å². The van der Waals surface area contributed by atoms with Crippen LogP contribution in [0, 0.1) is 11.6 Å². The number of Topliss-reactive ketones (excluding diaryl/α,β-unsaturated/α-hetero) is 1. The highest BCUT2D eigenvalue weighted by Gasteiger charge is 2.28. The number of aromatic carboxylic acids is 1. The van der Waals surface area contributed by atoms with Crippen LogP contribution < -0.4 is 20.1 Å². The molecule has 2 aromatic heterocycles. The van der Waals surface area contributed by atoms with Crippen molar-refractivity contribution in [3.8, 4) is 0 Å². The number of benzene rings is 2. The van der Waals surface area contributed by atoms with E-state index in [0.717, 1.165) is 21.5 Å². The Morgan fingerprint density at radius 3 is 1.19 bits per heavy atom. The molecule has 4 rings (SSSR count). The largest absolute Gasteiger partial charge is 0.477 e. The molecule has 21 heteroatoms. The average molecular weight is 865 g/mol. The topological polar surface area (TPSA) is 241 Å². The lowest BCUT2D eigenvalue weighted by Crippen LogP contribution is -2.35. The molecule has 0 radical (unpaired) electrons. The summed E-state index contributed by atoms with van der Waals surface area (Å²) >= 11 is 0. The van der Waals surface area contributed by atoms with Crippen molar-refractivity contribution in [1.29, 1.82) is 0 Å². The number of amides is 4. The molecule has 0 fully saturated rings. The number of carbonyl (C=O) groups excluding carboxylic acids is 3. The van der Waals surface area contributed by atoms with Crippen molar-refractivity contribution in [2.45, 2.75) is 102 Å². The van der Waals surface area contributed by atoms with Crippen LogP contribution in [0.15, 0.2) is 46.5 Å². The van der Waals surface area contributed by atoms with Gasteiger partial charge in [0.15, 0.2) is 15.8 Å². The monoisotopic (exact) mass is 864 g/mol. The van der Waals surface area contributed by atoms with Gasteiger partial charge in [0.2, 0.25) is 0 Å². The molecule has 4 amide bonds. The highest BCUT2D eigenvalue weighted by atomic mass is 32.2. The van der Waals surface area contributed by atoms with E-state index in [0.29, 0.717) is 33.6 Å². The molecular weight excluding hydrogens is 815 g/mol. The predicted molar refractivity (Wildman–Crippen MR) is 216 cm³/mol. The molecule has 0 aliphatic heterocycles. The minimum atomic E-state index is -4.42. The fraction of sp³-hybridized carbons (Fsp3) is 0.421. The fourth-order valence-electron chi connectivity index (χ4n) is 5.82. The van der Waals surface area contributed by atoms with Crippen molar-refractivity contribution in [1.82, 2.24) is 29.0 Å². The maximum atomic E-state index is 14.0. The molecule has 0 atom stereocenters. The zero-order valence-corrected chi connectivity index (χ0v) is 36.2. The molecule has 4 aromatic rings. The van der Waals surface area contributed by atoms with Crippen molar-refractivity contribution in [2.24, 2.45) is 14.1 Å². The van der Waals surface area contributed by atoms with Crippen LogP contribution in [-0.2, 0) is 34.1 Å². The number of aryl methyl sites for hydroxylation is 2. The summed E-state index contributed by atoms with van der Waals surface area (Å²) in [5, 5.41) is 20.5. The lowest BCUT2D eigenvalue weighted by atomic mass is 9.92. The van der Waals surface area contributed by atoms with Crippen LogP contribution in [0.3, 0.4) is 0 Å². The third-order valence-electron chi connectivity index (χ3n) is 8.84. The van der Waals surface area contributed by atoms with E-state index < -0.39 is 59.8 Å². The lowest BCUT2D eigenvalue weighted by molar-refractivity contribution is 0.0684. The number of aromatic nitrogens is 4. The van der Waals surface area contributed by atoms with Gasteiger partial charge >= 0.3 is 18.0 Å². The number of carboxylic acid groups (broad SMARTS) is 1. The van der Waals surface area contributed by atoms with Crippen LogP contribution >= 0.6 is 0 Å². The van der Waals surface area contributed by atoms with Crippen LogP contribution in [0.25, 0.3) is 0 Å². The van der Waals surface area contributed by atoms with Crippen molar-refractivity contribution < 1.29 is 49.9 Å². The summed E-state index contributed by atoms with van der Waals surface area (Å²) in [5.41, 5.74) is 2.63. The third kappa shape index (κ3) is 11.7. The fourth-order valence-corrected chi connectivity index (χ4v) is 7.62. The molecule has 0 unspecified atom stereocenters. The number of nitrogens with zero attached hydrogens (tertiary/aromatic N) is 4. The molecular formula is C38H50F2N8O9S2. The zero-order valence-electron chi connectivity index (χ0n) is 34.6. The number of carboxylic acids is 1. The van der Waals surface area contributed by atoms with Crippen molar-refractivity contribution in [2.75, 3.05) is 10.6 Å². The van der Waals surface area contributed by atoms with Gasteiger partial charge < -0.3 is 15.7 Å². The molecule has 59 heavy (non-hydrogen) atoms. The molecule has 17 nitrogen and oxygen atoms in total. The number of nitrogens with one attached hydrogen (secondary N) is 4. The van der Waals surface area contributed by atoms with Gasteiger partial charge in [0.05, 0.1) is 0 Å². The van der Waals surface area contributed by atoms with Crippen LogP contribution in [0.2, 0.25) is 0 Å².